The van der Waals surface area contributed by atoms with E-state index in [0.717, 1.165) is 0 Å². The molecule has 0 rings (SSSR count). The molecule has 27 heteroatoms. The van der Waals surface area contributed by atoms with E-state index in [2.05, 4.69) is 0 Å². The van der Waals surface area contributed by atoms with Gasteiger partial charge in [0.1, 0.15) is 0 Å². The van der Waals surface area contributed by atoms with Crippen LogP contribution in [0.2, 0.25) is 0 Å². The molecule has 0 aromatic carbocycles. The van der Waals surface area contributed by atoms with Crippen molar-refractivity contribution >= 4 is 0 Å². The average Bonchev–Trinajstić information content (AvgIpc) is 2.08. The van der Waals surface area contributed by atoms with E-state index in [9.17, 15) is 0 Å². The van der Waals surface area contributed by atoms with Gasteiger partial charge in [-0.15, -0.1) is 0 Å². The maximum Gasteiger partial charge on any atom is 2.00 e. The van der Waals surface area contributed by atoms with Crippen LogP contribution in [0.25, 0.3) is 0 Å². The number of nitrogens with zero attached hydrogens (tertiary/aromatic N) is 6. The van der Waals surface area contributed by atoms with Crippen LogP contribution >= 0.6 is 0 Å². The van der Waals surface area contributed by atoms with Crippen LogP contribution in [0.5, 0.6) is 0 Å². The molecule has 0 bridgehead atoms. The Kier molecular flexibility index (Phi) is 104. The molecule has 0 saturated heterocycles. The molecule has 27 heavy (non-hydrogen) atoms. The molecule has 0 aromatic rings. The van der Waals surface area contributed by atoms with Gasteiger partial charge in [0.15, 0.2) is 0 Å². The van der Waals surface area contributed by atoms with Crippen molar-refractivity contribution in [3.8, 4) is 0 Å². The molecule has 0 aliphatic carbocycles. The first-order valence-corrected chi connectivity index (χ1v) is 3.29. The van der Waals surface area contributed by atoms with Gasteiger partial charge in [-0.3, -0.25) is 0 Å². The molecule has 0 heterocycles. The topological polar surface area (TPSA) is 397 Å². The molecule has 0 unspecified atom stereocenters. The molecule has 0 saturated carbocycles. The Bertz CT molecular complexity index is 269. The van der Waals surface area contributed by atoms with Gasteiger partial charge in [0.05, 0.1) is 30.5 Å². The predicted octanol–water partition coefficient (Wildman–Crippen LogP) is -1.44. The third-order valence-electron chi connectivity index (χ3n) is 0. The predicted molar refractivity (Wildman–Crippen MR) is 62.2 cm³/mol. The van der Waals surface area contributed by atoms with E-state index in [-0.39, 0.29) is 50.3 Å². The molecule has 165 valence electrons. The summed E-state index contributed by atoms with van der Waals surface area (Å²) in [7, 11) is 0. The second-order valence-electron chi connectivity index (χ2n) is 1.34. The standard InChI is InChI=1S/Co.Fe.6NO3.Ni/c;;6*2-1(3)4;/q2*+2;6*-1;+2. The Morgan fingerprint density at radius 3 is 0.333 bits per heavy atom. The normalized spacial score (nSPS) is 5.33. The van der Waals surface area contributed by atoms with Crippen LogP contribution in [0.3, 0.4) is 0 Å². The van der Waals surface area contributed by atoms with Crippen LogP contribution in [-0.4, -0.2) is 30.5 Å². The minimum absolute atomic E-state index is 0. The molecule has 0 aromatic heterocycles. The van der Waals surface area contributed by atoms with E-state index < -0.39 is 30.5 Å². The summed E-state index contributed by atoms with van der Waals surface area (Å²) in [6.07, 6.45) is 0. The van der Waals surface area contributed by atoms with E-state index in [0.29, 0.717) is 0 Å². The third kappa shape index (κ3) is 906. The van der Waals surface area contributed by atoms with E-state index >= 15 is 0 Å². The Morgan fingerprint density at radius 1 is 0.333 bits per heavy atom. The van der Waals surface area contributed by atoms with Crippen molar-refractivity contribution in [1.82, 2.24) is 0 Å². The molecular formula is CoFeN6NiO18. The van der Waals surface area contributed by atoms with Crippen LogP contribution in [0.15, 0.2) is 0 Å². The molecule has 0 atom stereocenters. The zero-order chi connectivity index (χ0) is 21.5. The minimum atomic E-state index is -1.75. The third-order valence-corrected chi connectivity index (χ3v) is 0. The van der Waals surface area contributed by atoms with Crippen molar-refractivity contribution in [2.75, 3.05) is 0 Å². The summed E-state index contributed by atoms with van der Waals surface area (Å²) in [6.45, 7) is 0. The molecule has 0 aliphatic heterocycles. The van der Waals surface area contributed by atoms with Gasteiger partial charge in [0, 0.05) is 0 Å². The molecule has 0 fully saturated rings. The monoisotopic (exact) mass is 545 g/mol. The Morgan fingerprint density at radius 2 is 0.333 bits per heavy atom. The van der Waals surface area contributed by atoms with Crippen LogP contribution in [0.4, 0.5) is 0 Å². The number of hydrogen-bond donors (Lipinski definition) is 0. The van der Waals surface area contributed by atoms with Gasteiger partial charge >= 0.3 is 50.3 Å². The second kappa shape index (κ2) is 49.5. The average molecular weight is 545 g/mol. The van der Waals surface area contributed by atoms with Gasteiger partial charge in [0.2, 0.25) is 0 Å². The summed E-state index contributed by atoms with van der Waals surface area (Å²) >= 11 is 0. The fourth-order valence-corrected chi connectivity index (χ4v) is 0. The van der Waals surface area contributed by atoms with Crippen molar-refractivity contribution in [2.45, 2.75) is 0 Å². The van der Waals surface area contributed by atoms with Crippen LogP contribution < -0.4 is 0 Å². The van der Waals surface area contributed by atoms with Crippen LogP contribution in [-0.2, 0) is 50.3 Å². The summed E-state index contributed by atoms with van der Waals surface area (Å²) in [5.41, 5.74) is 0. The zero-order valence-electron chi connectivity index (χ0n) is 11.0. The molecule has 0 spiro atoms. The number of rotatable bonds is 0. The SMILES string of the molecule is O=[N+]([O-])[O-].O=[N+]([O-])[O-].O=[N+]([O-])[O-].O=[N+]([O-])[O-].O=[N+]([O-])[O-].O=[N+]([O-])[O-].[Co+2].[Fe+2].[Ni+2]. The summed E-state index contributed by atoms with van der Waals surface area (Å²) in [5.74, 6) is 0. The molecule has 0 aliphatic rings. The van der Waals surface area contributed by atoms with E-state index in [1.807, 2.05) is 0 Å². The van der Waals surface area contributed by atoms with Gasteiger partial charge < -0.3 is 91.9 Å². The summed E-state index contributed by atoms with van der Waals surface area (Å²) in [5, 5.41) is 88.5. The quantitative estimate of drug-likeness (QED) is 0.191. The van der Waals surface area contributed by atoms with Crippen molar-refractivity contribution < 1.29 is 80.9 Å². The first-order valence-electron chi connectivity index (χ1n) is 3.29. The molecule has 1 radical (unpaired) electrons. The maximum atomic E-state index is 8.25. The molecular weight excluding hydrogens is 545 g/mol. The van der Waals surface area contributed by atoms with E-state index in [4.69, 9.17) is 91.9 Å². The number of hydrogen-bond acceptors (Lipinski definition) is 18. The van der Waals surface area contributed by atoms with Gasteiger partial charge in [0.25, 0.3) is 0 Å². The fourth-order valence-electron chi connectivity index (χ4n) is 0. The molecule has 0 N–H and O–H groups in total. The van der Waals surface area contributed by atoms with Crippen LogP contribution in [0.1, 0.15) is 0 Å². The van der Waals surface area contributed by atoms with Crippen LogP contribution in [0, 0.1) is 91.9 Å². The Hall–Kier alpha value is -3.28. The largest absolute Gasteiger partial charge is 2.00 e. The van der Waals surface area contributed by atoms with Crippen molar-refractivity contribution in [2.24, 2.45) is 0 Å². The van der Waals surface area contributed by atoms with Gasteiger partial charge in [-0.1, -0.05) is 0 Å². The minimum Gasteiger partial charge on any atom is -0.356 e. The first kappa shape index (κ1) is 56.5. The molecule has 0 amide bonds. The summed E-state index contributed by atoms with van der Waals surface area (Å²) in [6, 6.07) is 0. The maximum absolute atomic E-state index is 8.25. The Labute approximate surface area is 173 Å². The Balaban J connectivity index is -0.0000000201. The van der Waals surface area contributed by atoms with Crippen molar-refractivity contribution in [1.29, 1.82) is 0 Å². The van der Waals surface area contributed by atoms with Crippen molar-refractivity contribution in [3.63, 3.8) is 0 Å². The zero-order valence-corrected chi connectivity index (χ0v) is 14.2. The smallest absolute Gasteiger partial charge is 0.356 e. The summed E-state index contributed by atoms with van der Waals surface area (Å²) in [4.78, 5) is 49.5. The van der Waals surface area contributed by atoms with Gasteiger partial charge in [-0.05, 0) is 0 Å². The molecule has 24 nitrogen and oxygen atoms in total. The van der Waals surface area contributed by atoms with E-state index in [1.54, 1.807) is 0 Å². The van der Waals surface area contributed by atoms with Gasteiger partial charge in [-0.25, -0.2) is 0 Å². The van der Waals surface area contributed by atoms with E-state index in [1.165, 1.54) is 0 Å². The first-order chi connectivity index (χ1) is 10.4. The second-order valence-corrected chi connectivity index (χ2v) is 1.34. The summed E-state index contributed by atoms with van der Waals surface area (Å²) < 4.78 is 0. The van der Waals surface area contributed by atoms with Gasteiger partial charge in [-0.2, -0.15) is 0 Å². The fraction of sp³-hybridized carbons (Fsp3) is 0. The van der Waals surface area contributed by atoms with Crippen molar-refractivity contribution in [3.05, 3.63) is 91.9 Å².